The molecule has 1 aromatic heterocycles. The van der Waals surface area contributed by atoms with Gasteiger partial charge in [-0.05, 0) is 61.4 Å². The number of nitrogens with one attached hydrogen (secondary N) is 2. The van der Waals surface area contributed by atoms with Gasteiger partial charge < -0.3 is 20.5 Å². The Kier molecular flexibility index (Phi) is 7.98. The number of fused-ring (bicyclic) bond motifs is 1. The molecule has 0 fully saturated rings. The Hall–Kier alpha value is -2.51. The van der Waals surface area contributed by atoms with Gasteiger partial charge >= 0.3 is 0 Å². The van der Waals surface area contributed by atoms with Gasteiger partial charge in [0.05, 0.1) is 12.1 Å². The number of aliphatic hydroxyl groups is 1. The van der Waals surface area contributed by atoms with Gasteiger partial charge in [-0.15, -0.1) is 0 Å². The molecule has 0 bridgehead atoms. The van der Waals surface area contributed by atoms with E-state index in [4.69, 9.17) is 4.74 Å². The first-order chi connectivity index (χ1) is 15.8. The van der Waals surface area contributed by atoms with Crippen LogP contribution in [0.25, 0.3) is 0 Å². The van der Waals surface area contributed by atoms with E-state index in [9.17, 15) is 14.3 Å². The number of benzene rings is 1. The number of aromatic nitrogens is 1. The van der Waals surface area contributed by atoms with Crippen molar-refractivity contribution in [2.45, 2.75) is 84.6 Å². The highest BCUT2D eigenvalue weighted by Gasteiger charge is 2.35. The van der Waals surface area contributed by atoms with Gasteiger partial charge in [-0.2, -0.15) is 0 Å². The van der Waals surface area contributed by atoms with E-state index in [-0.39, 0.29) is 29.7 Å². The smallest absolute Gasteiger partial charge is 0.218 e. The highest BCUT2D eigenvalue weighted by molar-refractivity contribution is 5.73. The number of carbonyl (C=O) groups excluding carboxylic acids is 1. The number of hydrogen-bond acceptors (Lipinski definition) is 5. The molecule has 0 radical (unpaired) electrons. The molecule has 6 nitrogen and oxygen atoms in total. The fourth-order valence-corrected chi connectivity index (χ4v) is 4.51. The van der Waals surface area contributed by atoms with E-state index in [1.807, 2.05) is 20.0 Å². The zero-order chi connectivity index (χ0) is 25.1. The molecular formula is C27H38FN3O3. The number of pyridine rings is 1. The second kappa shape index (κ2) is 10.4. The molecule has 3 atom stereocenters. The molecule has 3 rings (SSSR count). The van der Waals surface area contributed by atoms with Crippen LogP contribution < -0.4 is 15.4 Å². The molecule has 0 unspecified atom stereocenters. The number of nitrogens with zero attached hydrogens (tertiary/aromatic N) is 1. The largest absolute Gasteiger partial charge is 0.471 e. The van der Waals surface area contributed by atoms with Crippen LogP contribution in [0.15, 0.2) is 36.5 Å². The molecule has 2 aromatic rings. The van der Waals surface area contributed by atoms with Crippen LogP contribution in [0.4, 0.5) is 4.39 Å². The van der Waals surface area contributed by atoms with Gasteiger partial charge in [0.2, 0.25) is 11.8 Å². The van der Waals surface area contributed by atoms with Gasteiger partial charge in [0.15, 0.2) is 0 Å². The highest BCUT2D eigenvalue weighted by atomic mass is 19.1. The molecule has 0 saturated carbocycles. The van der Waals surface area contributed by atoms with E-state index < -0.39 is 17.7 Å². The minimum atomic E-state index is -0.868. The maximum absolute atomic E-state index is 13.6. The summed E-state index contributed by atoms with van der Waals surface area (Å²) in [4.78, 5) is 16.4. The van der Waals surface area contributed by atoms with E-state index in [1.54, 1.807) is 12.1 Å². The van der Waals surface area contributed by atoms with Crippen LogP contribution in [0.2, 0.25) is 0 Å². The summed E-state index contributed by atoms with van der Waals surface area (Å²) in [6, 6.07) is 7.75. The van der Waals surface area contributed by atoms with Gasteiger partial charge in [0.25, 0.3) is 0 Å². The molecule has 34 heavy (non-hydrogen) atoms. The fourth-order valence-electron chi connectivity index (χ4n) is 4.51. The van der Waals surface area contributed by atoms with Gasteiger partial charge in [0.1, 0.15) is 11.4 Å². The maximum Gasteiger partial charge on any atom is 0.218 e. The Bertz CT molecular complexity index is 1000. The molecule has 7 heteroatoms. The molecule has 186 valence electrons. The van der Waals surface area contributed by atoms with E-state index in [0.29, 0.717) is 24.3 Å². The number of hydrogen-bond donors (Lipinski definition) is 3. The molecule has 0 spiro atoms. The number of halogens is 1. The first kappa shape index (κ1) is 26.1. The van der Waals surface area contributed by atoms with Crippen molar-refractivity contribution in [3.05, 3.63) is 59.0 Å². The van der Waals surface area contributed by atoms with Crippen LogP contribution >= 0.6 is 0 Å². The third-order valence-electron chi connectivity index (χ3n) is 5.89. The second-order valence-corrected chi connectivity index (χ2v) is 11.2. The van der Waals surface area contributed by atoms with Crippen LogP contribution in [0.5, 0.6) is 5.88 Å². The monoisotopic (exact) mass is 471 g/mol. The third kappa shape index (κ3) is 7.50. The predicted octanol–water partition coefficient (Wildman–Crippen LogP) is 4.11. The summed E-state index contributed by atoms with van der Waals surface area (Å²) in [5.74, 6) is 0.0272. The number of rotatable bonds is 8. The summed E-state index contributed by atoms with van der Waals surface area (Å²) >= 11 is 0. The zero-order valence-corrected chi connectivity index (χ0v) is 21.1. The molecule has 1 aliphatic rings. The van der Waals surface area contributed by atoms with Crippen LogP contribution in [0.1, 0.15) is 70.7 Å². The Morgan fingerprint density at radius 2 is 2.03 bits per heavy atom. The lowest BCUT2D eigenvalue weighted by molar-refractivity contribution is -0.120. The summed E-state index contributed by atoms with van der Waals surface area (Å²) in [5, 5.41) is 17.3. The summed E-state index contributed by atoms with van der Waals surface area (Å²) in [6.45, 7) is 12.3. The second-order valence-electron chi connectivity index (χ2n) is 11.2. The predicted molar refractivity (Wildman–Crippen MR) is 131 cm³/mol. The summed E-state index contributed by atoms with van der Waals surface area (Å²) in [5.41, 5.74) is 2.56. The number of amides is 1. The maximum atomic E-state index is 13.6. The Morgan fingerprint density at radius 3 is 2.68 bits per heavy atom. The summed E-state index contributed by atoms with van der Waals surface area (Å²) in [7, 11) is 0. The average molecular weight is 472 g/mol. The van der Waals surface area contributed by atoms with E-state index in [1.165, 1.54) is 19.1 Å². The quantitative estimate of drug-likeness (QED) is 0.540. The van der Waals surface area contributed by atoms with Gasteiger partial charge in [0, 0.05) is 37.7 Å². The molecular weight excluding hydrogens is 433 g/mol. The minimum Gasteiger partial charge on any atom is -0.471 e. The first-order valence-corrected chi connectivity index (χ1v) is 11.9. The summed E-state index contributed by atoms with van der Waals surface area (Å²) in [6.07, 6.45) is 2.94. The topological polar surface area (TPSA) is 83.5 Å². The van der Waals surface area contributed by atoms with Crippen LogP contribution in [0, 0.1) is 11.2 Å². The van der Waals surface area contributed by atoms with Crippen molar-refractivity contribution in [3.63, 3.8) is 0 Å². The average Bonchev–Trinajstić information content (AvgIpc) is 2.69. The number of carbonyl (C=O) groups is 1. The molecule has 0 aliphatic carbocycles. The Labute approximate surface area is 202 Å². The fraction of sp³-hybridized carbons (Fsp3) is 0.556. The van der Waals surface area contributed by atoms with E-state index in [2.05, 4.69) is 42.5 Å². The van der Waals surface area contributed by atoms with Crippen molar-refractivity contribution in [3.8, 4) is 5.88 Å². The molecule has 1 aromatic carbocycles. The Morgan fingerprint density at radius 1 is 1.29 bits per heavy atom. The molecule has 1 amide bonds. The SMILES string of the molecule is CC(=O)N[C@@H](Cc1cccc(F)c1)[C@@H](O)CN[C@H]1CC(C)(C)Oc2ncc(CC(C)(C)C)cc21. The molecule has 1 aliphatic heterocycles. The van der Waals surface area contributed by atoms with Crippen molar-refractivity contribution in [2.75, 3.05) is 6.54 Å². The normalized spacial score (nSPS) is 19.0. The van der Waals surface area contributed by atoms with E-state index >= 15 is 0 Å². The lowest BCUT2D eigenvalue weighted by atomic mass is 9.86. The lowest BCUT2D eigenvalue weighted by Gasteiger charge is -2.38. The Balaban J connectivity index is 1.76. The van der Waals surface area contributed by atoms with Crippen LogP contribution in [-0.2, 0) is 17.6 Å². The minimum absolute atomic E-state index is 0.0621. The van der Waals surface area contributed by atoms with Gasteiger partial charge in [-0.1, -0.05) is 32.9 Å². The molecule has 3 N–H and O–H groups in total. The van der Waals surface area contributed by atoms with Crippen LogP contribution in [-0.4, -0.2) is 40.3 Å². The van der Waals surface area contributed by atoms with Crippen molar-refractivity contribution in [1.29, 1.82) is 0 Å². The highest BCUT2D eigenvalue weighted by Crippen LogP contribution is 2.39. The van der Waals surface area contributed by atoms with Crippen molar-refractivity contribution < 1.29 is 19.0 Å². The first-order valence-electron chi connectivity index (χ1n) is 11.9. The van der Waals surface area contributed by atoms with Gasteiger partial charge in [-0.3, -0.25) is 4.79 Å². The number of aliphatic hydroxyl groups excluding tert-OH is 1. The van der Waals surface area contributed by atoms with Gasteiger partial charge in [-0.25, -0.2) is 9.37 Å². The molecule has 2 heterocycles. The molecule has 0 saturated heterocycles. The van der Waals surface area contributed by atoms with Crippen LogP contribution in [0.3, 0.4) is 0 Å². The number of ether oxygens (including phenoxy) is 1. The van der Waals surface area contributed by atoms with E-state index in [0.717, 1.165) is 17.5 Å². The standard InChI is InChI=1S/C27H38FN3O3/c1-17(32)31-22(12-18-8-7-9-20(28)10-18)24(33)16-29-23-14-27(5,6)34-25-21(23)11-19(15-30-25)13-26(2,3)4/h7-11,15,22-24,29,33H,12-14,16H2,1-6H3,(H,31,32)/t22-,23-,24-/m0/s1. The van der Waals surface area contributed by atoms with Crippen molar-refractivity contribution >= 4 is 5.91 Å². The summed E-state index contributed by atoms with van der Waals surface area (Å²) < 4.78 is 19.8. The van der Waals surface area contributed by atoms with Crippen molar-refractivity contribution in [1.82, 2.24) is 15.6 Å². The zero-order valence-electron chi connectivity index (χ0n) is 21.1. The van der Waals surface area contributed by atoms with Crippen molar-refractivity contribution in [2.24, 2.45) is 5.41 Å². The third-order valence-corrected chi connectivity index (χ3v) is 5.89. The lowest BCUT2D eigenvalue weighted by Crippen LogP contribution is -2.49.